The average Bonchev–Trinajstić information content (AvgIpc) is 2.94. The van der Waals surface area contributed by atoms with E-state index in [0.717, 1.165) is 73.0 Å². The van der Waals surface area contributed by atoms with Crippen molar-refractivity contribution in [1.82, 2.24) is 9.88 Å². The predicted molar refractivity (Wildman–Crippen MR) is 157 cm³/mol. The van der Waals surface area contributed by atoms with E-state index >= 15 is 0 Å². The molecule has 1 saturated carbocycles. The number of anilines is 1. The van der Waals surface area contributed by atoms with E-state index in [0.29, 0.717) is 36.4 Å². The van der Waals surface area contributed by atoms with Crippen LogP contribution in [0.3, 0.4) is 0 Å². The minimum atomic E-state index is -0.410. The van der Waals surface area contributed by atoms with Crippen molar-refractivity contribution in [2.24, 2.45) is 11.7 Å². The van der Waals surface area contributed by atoms with Crippen LogP contribution in [0.25, 0.3) is 22.4 Å². The molecule has 2 aliphatic rings. The van der Waals surface area contributed by atoms with Gasteiger partial charge in [-0.05, 0) is 75.5 Å². The van der Waals surface area contributed by atoms with Gasteiger partial charge in [-0.2, -0.15) is 0 Å². The highest BCUT2D eigenvalue weighted by Gasteiger charge is 2.30. The number of carbonyl (C=O) groups is 2. The second-order valence-corrected chi connectivity index (χ2v) is 11.8. The van der Waals surface area contributed by atoms with E-state index in [1.807, 2.05) is 38.1 Å². The first kappa shape index (κ1) is 27.1. The van der Waals surface area contributed by atoms with Crippen LogP contribution in [0.4, 0.5) is 5.69 Å². The van der Waals surface area contributed by atoms with Crippen molar-refractivity contribution in [1.29, 1.82) is 0 Å². The molecular weight excluding hydrogens is 484 g/mol. The van der Waals surface area contributed by atoms with E-state index in [1.54, 1.807) is 6.20 Å². The molecule has 0 radical (unpaired) electrons. The van der Waals surface area contributed by atoms with Gasteiger partial charge in [0, 0.05) is 42.1 Å². The molecule has 6 heteroatoms. The molecule has 204 valence electrons. The number of rotatable bonds is 7. The lowest BCUT2D eigenvalue weighted by molar-refractivity contribution is -0.136. The minimum absolute atomic E-state index is 0.0237. The summed E-state index contributed by atoms with van der Waals surface area (Å²) in [5.41, 5.74) is 11.5. The maximum absolute atomic E-state index is 13.0. The lowest BCUT2D eigenvalue weighted by Gasteiger charge is -2.38. The summed E-state index contributed by atoms with van der Waals surface area (Å²) >= 11 is 0. The largest absolute Gasteiger partial charge is 0.340 e. The summed E-state index contributed by atoms with van der Waals surface area (Å²) in [5.74, 6) is 0.689. The van der Waals surface area contributed by atoms with Crippen LogP contribution in [0.2, 0.25) is 0 Å². The van der Waals surface area contributed by atoms with E-state index in [4.69, 9.17) is 10.7 Å². The number of aromatic nitrogens is 1. The molecule has 1 saturated heterocycles. The number of hydrogen-bond acceptors (Lipinski definition) is 4. The fraction of sp³-hybridized carbons (Fsp3) is 0.424. The van der Waals surface area contributed by atoms with Crippen molar-refractivity contribution in [3.05, 3.63) is 72.4 Å². The molecule has 2 aromatic carbocycles. The molecular formula is C33H40N4O2. The zero-order valence-corrected chi connectivity index (χ0v) is 23.2. The molecule has 3 N–H and O–H groups in total. The Hall–Kier alpha value is -3.51. The summed E-state index contributed by atoms with van der Waals surface area (Å²) in [6, 6.07) is 20.8. The fourth-order valence-corrected chi connectivity index (χ4v) is 6.01. The minimum Gasteiger partial charge on any atom is -0.340 e. The molecule has 3 aromatic rings. The number of pyridine rings is 1. The van der Waals surface area contributed by atoms with Crippen LogP contribution < -0.4 is 11.1 Å². The molecule has 2 fully saturated rings. The van der Waals surface area contributed by atoms with E-state index in [1.165, 1.54) is 0 Å². The van der Waals surface area contributed by atoms with Crippen LogP contribution in [-0.4, -0.2) is 34.3 Å². The number of likely N-dealkylation sites (tertiary alicyclic amines) is 1. The molecule has 1 aliphatic heterocycles. The van der Waals surface area contributed by atoms with Crippen molar-refractivity contribution < 1.29 is 9.59 Å². The summed E-state index contributed by atoms with van der Waals surface area (Å²) in [7, 11) is 0. The van der Waals surface area contributed by atoms with Crippen LogP contribution in [0, 0.1) is 5.92 Å². The Kier molecular flexibility index (Phi) is 8.12. The number of carbonyl (C=O) groups excluding carboxylic acids is 2. The summed E-state index contributed by atoms with van der Waals surface area (Å²) in [4.78, 5) is 32.2. The Balaban J connectivity index is 1.27. The molecule has 2 amide bonds. The first-order valence-electron chi connectivity index (χ1n) is 14.3. The summed E-state index contributed by atoms with van der Waals surface area (Å²) in [5, 5.41) is 3.11. The van der Waals surface area contributed by atoms with E-state index in [9.17, 15) is 9.59 Å². The number of benzene rings is 2. The Labute approximate surface area is 232 Å². The number of piperidine rings is 1. The van der Waals surface area contributed by atoms with Gasteiger partial charge in [-0.1, -0.05) is 54.6 Å². The highest BCUT2D eigenvalue weighted by molar-refractivity contribution is 5.93. The summed E-state index contributed by atoms with van der Waals surface area (Å²) in [6.07, 6.45) is 9.05. The molecule has 6 nitrogen and oxygen atoms in total. The quantitative estimate of drug-likeness (QED) is 0.369. The Morgan fingerprint density at radius 1 is 1.00 bits per heavy atom. The molecule has 0 unspecified atom stereocenters. The zero-order chi connectivity index (χ0) is 27.4. The van der Waals surface area contributed by atoms with Gasteiger partial charge in [0.1, 0.15) is 0 Å². The molecule has 39 heavy (non-hydrogen) atoms. The fourth-order valence-electron chi connectivity index (χ4n) is 6.01. The van der Waals surface area contributed by atoms with Crippen molar-refractivity contribution in [3.63, 3.8) is 0 Å². The predicted octanol–water partition coefficient (Wildman–Crippen LogP) is 6.51. The Morgan fingerprint density at radius 3 is 2.38 bits per heavy atom. The van der Waals surface area contributed by atoms with E-state index in [2.05, 4.69) is 46.6 Å². The molecule has 0 spiro atoms. The maximum atomic E-state index is 13.0. The smallest absolute Gasteiger partial charge is 0.224 e. The number of amides is 2. The van der Waals surface area contributed by atoms with Gasteiger partial charge < -0.3 is 16.0 Å². The molecule has 1 aliphatic carbocycles. The van der Waals surface area contributed by atoms with Gasteiger partial charge in [0.15, 0.2) is 0 Å². The van der Waals surface area contributed by atoms with Gasteiger partial charge in [-0.15, -0.1) is 0 Å². The van der Waals surface area contributed by atoms with Crippen LogP contribution >= 0.6 is 0 Å². The molecule has 0 atom stereocenters. The second-order valence-electron chi connectivity index (χ2n) is 11.8. The van der Waals surface area contributed by atoms with Gasteiger partial charge >= 0.3 is 0 Å². The van der Waals surface area contributed by atoms with Crippen molar-refractivity contribution in [3.8, 4) is 22.4 Å². The number of nitrogens with one attached hydrogen (secondary N) is 1. The molecule has 5 rings (SSSR count). The first-order chi connectivity index (χ1) is 18.8. The number of nitrogens with zero attached hydrogens (tertiary/aromatic N) is 2. The lowest BCUT2D eigenvalue weighted by Crippen LogP contribution is -2.45. The number of nitrogens with two attached hydrogens (primary N) is 1. The third kappa shape index (κ3) is 6.56. The average molecular weight is 525 g/mol. The van der Waals surface area contributed by atoms with E-state index in [-0.39, 0.29) is 5.91 Å². The Morgan fingerprint density at radius 2 is 1.72 bits per heavy atom. The summed E-state index contributed by atoms with van der Waals surface area (Å²) in [6.45, 7) is 4.89. The topological polar surface area (TPSA) is 88.3 Å². The zero-order valence-electron chi connectivity index (χ0n) is 23.2. The van der Waals surface area contributed by atoms with Crippen LogP contribution in [0.5, 0.6) is 0 Å². The lowest BCUT2D eigenvalue weighted by atomic mass is 9.82. The van der Waals surface area contributed by atoms with Crippen molar-refractivity contribution >= 4 is 17.5 Å². The van der Waals surface area contributed by atoms with Gasteiger partial charge in [-0.25, -0.2) is 0 Å². The molecule has 2 heterocycles. The normalized spacial score (nSPS) is 20.1. The van der Waals surface area contributed by atoms with Crippen molar-refractivity contribution in [2.75, 3.05) is 11.9 Å². The van der Waals surface area contributed by atoms with Gasteiger partial charge in [0.25, 0.3) is 0 Å². The second kappa shape index (κ2) is 11.7. The van der Waals surface area contributed by atoms with Gasteiger partial charge in [0.2, 0.25) is 11.8 Å². The highest BCUT2D eigenvalue weighted by atomic mass is 16.2. The monoisotopic (exact) mass is 524 g/mol. The standard InChI is InChI=1S/C33H40N4O2/c1-33(2,34)26-15-13-25(14-16-26)32-29(24-8-4-3-5-9-24)21-27(22-35-32)36-30(38)20-23-11-17-28(18-12-23)37-19-7-6-10-31(37)39/h3-5,8-9,13-16,21-23,28H,6-7,10-12,17-20,34H2,1-2H3,(H,36,38)/t23-,28-. The summed E-state index contributed by atoms with van der Waals surface area (Å²) < 4.78 is 0. The first-order valence-corrected chi connectivity index (χ1v) is 14.3. The highest BCUT2D eigenvalue weighted by Crippen LogP contribution is 2.34. The van der Waals surface area contributed by atoms with Crippen LogP contribution in [-0.2, 0) is 15.1 Å². The van der Waals surface area contributed by atoms with E-state index < -0.39 is 5.54 Å². The van der Waals surface area contributed by atoms with Crippen LogP contribution in [0.1, 0.15) is 70.8 Å². The van der Waals surface area contributed by atoms with Crippen LogP contribution in [0.15, 0.2) is 66.9 Å². The molecule has 0 bridgehead atoms. The van der Waals surface area contributed by atoms with Crippen molar-refractivity contribution in [2.45, 2.75) is 76.8 Å². The number of hydrogen-bond donors (Lipinski definition) is 2. The SMILES string of the molecule is CC(C)(N)c1ccc(-c2ncc(NC(=O)C[C@H]3CC[C@H](N4CCCCC4=O)CC3)cc2-c2ccccc2)cc1. The molecule has 1 aromatic heterocycles. The Bertz CT molecular complexity index is 1290. The third-order valence-electron chi connectivity index (χ3n) is 8.25. The van der Waals surface area contributed by atoms with Gasteiger partial charge in [0.05, 0.1) is 17.6 Å². The third-order valence-corrected chi connectivity index (χ3v) is 8.25. The maximum Gasteiger partial charge on any atom is 0.224 e. The van der Waals surface area contributed by atoms with Gasteiger partial charge in [-0.3, -0.25) is 14.6 Å².